The van der Waals surface area contributed by atoms with E-state index < -0.39 is 0 Å². The van der Waals surface area contributed by atoms with Crippen molar-refractivity contribution in [2.24, 2.45) is 5.92 Å². The first-order valence-electron chi connectivity index (χ1n) is 11.4. The van der Waals surface area contributed by atoms with E-state index in [0.29, 0.717) is 30.6 Å². The van der Waals surface area contributed by atoms with E-state index in [1.54, 1.807) is 12.5 Å². The Morgan fingerprint density at radius 1 is 1.15 bits per heavy atom. The van der Waals surface area contributed by atoms with Gasteiger partial charge in [0.2, 0.25) is 11.7 Å². The second kappa shape index (κ2) is 9.40. The van der Waals surface area contributed by atoms with E-state index in [2.05, 4.69) is 15.1 Å². The van der Waals surface area contributed by atoms with Gasteiger partial charge in [-0.05, 0) is 48.9 Å². The first kappa shape index (κ1) is 21.1. The molecule has 1 amide bonds. The van der Waals surface area contributed by atoms with Gasteiger partial charge in [0, 0.05) is 49.6 Å². The van der Waals surface area contributed by atoms with Gasteiger partial charge < -0.3 is 14.0 Å². The summed E-state index contributed by atoms with van der Waals surface area (Å²) in [6, 6.07) is 15.9. The molecule has 0 aliphatic carbocycles. The minimum absolute atomic E-state index is 0.0833. The van der Waals surface area contributed by atoms with E-state index in [0.717, 1.165) is 48.2 Å². The summed E-state index contributed by atoms with van der Waals surface area (Å²) in [6.45, 7) is 4.28. The van der Waals surface area contributed by atoms with Crippen LogP contribution in [-0.2, 0) is 13.0 Å². The lowest BCUT2D eigenvalue weighted by molar-refractivity contribution is 0.0668. The molecule has 7 heteroatoms. The molecule has 4 aromatic rings. The monoisotopic (exact) mass is 441 g/mol. The summed E-state index contributed by atoms with van der Waals surface area (Å²) in [5.74, 6) is 1.66. The lowest BCUT2D eigenvalue weighted by atomic mass is 9.94. The summed E-state index contributed by atoms with van der Waals surface area (Å²) in [4.78, 5) is 23.8. The van der Waals surface area contributed by atoms with Gasteiger partial charge in [-0.15, -0.1) is 0 Å². The summed E-state index contributed by atoms with van der Waals surface area (Å²) in [6.07, 6.45) is 8.21. The van der Waals surface area contributed by atoms with E-state index >= 15 is 0 Å². The topological polar surface area (TPSA) is 77.0 Å². The standard InChI is InChI=1S/C26H27N5O2/c1-19-5-2-3-7-23(19)25-28-24(33-29-25)15-21-6-4-13-31(17-21)26(32)22-10-8-20(9-11-22)16-30-14-12-27-18-30/h2-3,5,7-12,14,18,21H,4,6,13,15-17H2,1H3/t21-/m0/s1. The fourth-order valence-electron chi connectivity index (χ4n) is 4.46. The highest BCUT2D eigenvalue weighted by Crippen LogP contribution is 2.24. The Kier molecular flexibility index (Phi) is 6.02. The number of likely N-dealkylation sites (tertiary alicyclic amines) is 1. The van der Waals surface area contributed by atoms with Crippen molar-refractivity contribution in [2.75, 3.05) is 13.1 Å². The molecule has 0 saturated carbocycles. The number of carbonyl (C=O) groups is 1. The molecule has 3 heterocycles. The number of hydrogen-bond acceptors (Lipinski definition) is 5. The van der Waals surface area contributed by atoms with Crippen molar-refractivity contribution in [2.45, 2.75) is 32.7 Å². The SMILES string of the molecule is Cc1ccccc1-c1noc(C[C@@H]2CCCN(C(=O)c3ccc(Cn4ccnc4)cc3)C2)n1. The minimum atomic E-state index is 0.0833. The highest BCUT2D eigenvalue weighted by Gasteiger charge is 2.26. The van der Waals surface area contributed by atoms with E-state index in [1.807, 2.05) is 71.1 Å². The molecule has 2 aromatic heterocycles. The van der Waals surface area contributed by atoms with Crippen molar-refractivity contribution in [3.05, 3.63) is 89.8 Å². The summed E-state index contributed by atoms with van der Waals surface area (Å²) < 4.78 is 7.55. The number of rotatable bonds is 6. The highest BCUT2D eigenvalue weighted by atomic mass is 16.5. The maximum absolute atomic E-state index is 13.1. The smallest absolute Gasteiger partial charge is 0.253 e. The third-order valence-corrected chi connectivity index (χ3v) is 6.25. The van der Waals surface area contributed by atoms with Crippen LogP contribution in [0.5, 0.6) is 0 Å². The average molecular weight is 442 g/mol. The van der Waals surface area contributed by atoms with Gasteiger partial charge in [0.1, 0.15) is 0 Å². The molecule has 0 unspecified atom stereocenters. The fraction of sp³-hybridized carbons (Fsp3) is 0.308. The lowest BCUT2D eigenvalue weighted by Gasteiger charge is -2.32. The molecule has 0 bridgehead atoms. The molecular weight excluding hydrogens is 414 g/mol. The second-order valence-electron chi connectivity index (χ2n) is 8.72. The number of nitrogens with zero attached hydrogens (tertiary/aromatic N) is 5. The van der Waals surface area contributed by atoms with Crippen molar-refractivity contribution in [1.29, 1.82) is 0 Å². The summed E-state index contributed by atoms with van der Waals surface area (Å²) in [5, 5.41) is 4.18. The van der Waals surface area contributed by atoms with Crippen LogP contribution in [0.15, 0.2) is 71.8 Å². The number of hydrogen-bond donors (Lipinski definition) is 0. The van der Waals surface area contributed by atoms with Gasteiger partial charge in [-0.25, -0.2) is 4.98 Å². The molecule has 1 aliphatic rings. The van der Waals surface area contributed by atoms with Crippen molar-refractivity contribution in [3.8, 4) is 11.4 Å². The molecule has 7 nitrogen and oxygen atoms in total. The Morgan fingerprint density at radius 2 is 2.00 bits per heavy atom. The average Bonchev–Trinajstić information content (AvgIpc) is 3.52. The summed E-state index contributed by atoms with van der Waals surface area (Å²) in [5.41, 5.74) is 3.98. The zero-order chi connectivity index (χ0) is 22.6. The summed E-state index contributed by atoms with van der Waals surface area (Å²) in [7, 11) is 0. The normalized spacial score (nSPS) is 16.2. The highest BCUT2D eigenvalue weighted by molar-refractivity contribution is 5.94. The molecule has 1 atom stereocenters. The van der Waals surface area contributed by atoms with Crippen LogP contribution in [0.1, 0.15) is 40.2 Å². The van der Waals surface area contributed by atoms with E-state index in [1.165, 1.54) is 0 Å². The van der Waals surface area contributed by atoms with Crippen LogP contribution >= 0.6 is 0 Å². The Bertz CT molecular complexity index is 1210. The number of amides is 1. The lowest BCUT2D eigenvalue weighted by Crippen LogP contribution is -2.40. The van der Waals surface area contributed by atoms with Gasteiger partial charge >= 0.3 is 0 Å². The minimum Gasteiger partial charge on any atom is -0.339 e. The maximum atomic E-state index is 13.1. The quantitative estimate of drug-likeness (QED) is 0.444. The molecule has 0 spiro atoms. The van der Waals surface area contributed by atoms with Gasteiger partial charge in [-0.1, -0.05) is 41.6 Å². The number of aryl methyl sites for hydroxylation is 1. The molecule has 1 fully saturated rings. The largest absolute Gasteiger partial charge is 0.339 e. The maximum Gasteiger partial charge on any atom is 0.253 e. The molecule has 5 rings (SSSR count). The molecule has 1 aliphatic heterocycles. The van der Waals surface area contributed by atoms with Gasteiger partial charge in [0.15, 0.2) is 0 Å². The number of piperidine rings is 1. The van der Waals surface area contributed by atoms with Crippen LogP contribution in [0.2, 0.25) is 0 Å². The van der Waals surface area contributed by atoms with Crippen LogP contribution < -0.4 is 0 Å². The Hall–Kier alpha value is -3.74. The summed E-state index contributed by atoms with van der Waals surface area (Å²) >= 11 is 0. The van der Waals surface area contributed by atoms with Crippen LogP contribution in [0.3, 0.4) is 0 Å². The number of imidazole rings is 1. The van der Waals surface area contributed by atoms with Crippen molar-refractivity contribution < 1.29 is 9.32 Å². The number of aromatic nitrogens is 4. The number of carbonyl (C=O) groups excluding carboxylic acids is 1. The molecule has 0 N–H and O–H groups in total. The zero-order valence-corrected chi connectivity index (χ0v) is 18.7. The molecule has 168 valence electrons. The van der Waals surface area contributed by atoms with Gasteiger partial charge in [-0.3, -0.25) is 4.79 Å². The molecule has 2 aromatic carbocycles. The zero-order valence-electron chi connectivity index (χ0n) is 18.7. The van der Waals surface area contributed by atoms with Crippen LogP contribution in [0.4, 0.5) is 0 Å². The predicted octanol–water partition coefficient (Wildman–Crippen LogP) is 4.38. The second-order valence-corrected chi connectivity index (χ2v) is 8.72. The Labute approximate surface area is 193 Å². The number of benzene rings is 2. The Morgan fingerprint density at radius 3 is 2.79 bits per heavy atom. The fourth-order valence-corrected chi connectivity index (χ4v) is 4.46. The third-order valence-electron chi connectivity index (χ3n) is 6.25. The van der Waals surface area contributed by atoms with E-state index in [4.69, 9.17) is 4.52 Å². The van der Waals surface area contributed by atoms with Crippen molar-refractivity contribution in [1.82, 2.24) is 24.6 Å². The molecule has 33 heavy (non-hydrogen) atoms. The van der Waals surface area contributed by atoms with Gasteiger partial charge in [-0.2, -0.15) is 4.98 Å². The first-order valence-corrected chi connectivity index (χ1v) is 11.4. The third kappa shape index (κ3) is 4.87. The van der Waals surface area contributed by atoms with Crippen LogP contribution in [0.25, 0.3) is 11.4 Å². The van der Waals surface area contributed by atoms with E-state index in [9.17, 15) is 4.79 Å². The van der Waals surface area contributed by atoms with Crippen LogP contribution in [0, 0.1) is 12.8 Å². The predicted molar refractivity (Wildman–Crippen MR) is 125 cm³/mol. The van der Waals surface area contributed by atoms with Gasteiger partial charge in [0.25, 0.3) is 5.91 Å². The van der Waals surface area contributed by atoms with E-state index in [-0.39, 0.29) is 5.91 Å². The molecule has 0 radical (unpaired) electrons. The molecular formula is C26H27N5O2. The molecule has 1 saturated heterocycles. The van der Waals surface area contributed by atoms with Crippen LogP contribution in [-0.4, -0.2) is 43.6 Å². The first-order chi connectivity index (χ1) is 16.2. The van der Waals surface area contributed by atoms with Crippen molar-refractivity contribution >= 4 is 5.91 Å². The Balaban J connectivity index is 1.21. The van der Waals surface area contributed by atoms with Gasteiger partial charge in [0.05, 0.1) is 6.33 Å². The van der Waals surface area contributed by atoms with Crippen molar-refractivity contribution in [3.63, 3.8) is 0 Å².